The van der Waals surface area contributed by atoms with E-state index in [9.17, 15) is 4.79 Å². The van der Waals surface area contributed by atoms with E-state index >= 15 is 0 Å². The summed E-state index contributed by atoms with van der Waals surface area (Å²) in [5.41, 5.74) is 3.16. The van der Waals surface area contributed by atoms with Crippen LogP contribution in [0, 0.1) is 0 Å². The zero-order chi connectivity index (χ0) is 9.80. The molecule has 74 valence electrons. The summed E-state index contributed by atoms with van der Waals surface area (Å²) < 4.78 is 0. The number of amides is 1. The lowest BCUT2D eigenvalue weighted by atomic mass is 10.1. The second-order valence-corrected chi connectivity index (χ2v) is 3.24. The molecule has 0 radical (unpaired) electrons. The molecule has 3 N–H and O–H groups in total. The van der Waals surface area contributed by atoms with Crippen LogP contribution in [0.15, 0.2) is 18.2 Å². The number of rotatable bonds is 2. The summed E-state index contributed by atoms with van der Waals surface area (Å²) in [6.07, 6.45) is 0.691. The number of fused-ring (bicyclic) bond motifs is 1. The van der Waals surface area contributed by atoms with Crippen molar-refractivity contribution in [2.75, 3.05) is 23.7 Å². The number of benzene rings is 1. The Balaban J connectivity index is 2.27. The first kappa shape index (κ1) is 9.02. The monoisotopic (exact) mass is 191 g/mol. The van der Waals surface area contributed by atoms with Crippen molar-refractivity contribution in [3.05, 3.63) is 23.8 Å². The Kier molecular flexibility index (Phi) is 2.65. The smallest absolute Gasteiger partial charge is 0.211 e. The SMILES string of the molecule is O=CNc1ccc2c(c1)NCCNC2. The summed E-state index contributed by atoms with van der Waals surface area (Å²) >= 11 is 0. The van der Waals surface area contributed by atoms with Crippen LogP contribution in [0.25, 0.3) is 0 Å². The molecule has 0 saturated heterocycles. The lowest BCUT2D eigenvalue weighted by Crippen LogP contribution is -2.16. The van der Waals surface area contributed by atoms with E-state index < -0.39 is 0 Å². The third kappa shape index (κ3) is 1.85. The molecule has 0 aliphatic carbocycles. The van der Waals surface area contributed by atoms with Crippen molar-refractivity contribution < 1.29 is 4.79 Å². The van der Waals surface area contributed by atoms with Gasteiger partial charge in [-0.3, -0.25) is 4.79 Å². The zero-order valence-electron chi connectivity index (χ0n) is 7.84. The van der Waals surface area contributed by atoms with Crippen LogP contribution in [0.2, 0.25) is 0 Å². The maximum absolute atomic E-state index is 10.3. The molecule has 2 rings (SSSR count). The van der Waals surface area contributed by atoms with E-state index in [0.29, 0.717) is 6.41 Å². The van der Waals surface area contributed by atoms with Crippen LogP contribution in [0.4, 0.5) is 11.4 Å². The van der Waals surface area contributed by atoms with Crippen LogP contribution in [0.1, 0.15) is 5.56 Å². The Labute approximate surface area is 82.7 Å². The van der Waals surface area contributed by atoms with E-state index in [1.54, 1.807) is 0 Å². The summed E-state index contributed by atoms with van der Waals surface area (Å²) in [5.74, 6) is 0. The van der Waals surface area contributed by atoms with E-state index in [4.69, 9.17) is 0 Å². The minimum atomic E-state index is 0.691. The zero-order valence-corrected chi connectivity index (χ0v) is 7.84. The minimum Gasteiger partial charge on any atom is -0.383 e. The molecule has 0 spiro atoms. The first-order valence-electron chi connectivity index (χ1n) is 4.68. The molecule has 1 aliphatic rings. The molecule has 0 bridgehead atoms. The van der Waals surface area contributed by atoms with Gasteiger partial charge in [0.1, 0.15) is 0 Å². The number of hydrogen-bond acceptors (Lipinski definition) is 3. The van der Waals surface area contributed by atoms with Crippen molar-refractivity contribution in [2.24, 2.45) is 0 Å². The fourth-order valence-corrected chi connectivity index (χ4v) is 1.56. The molecule has 1 amide bonds. The average molecular weight is 191 g/mol. The van der Waals surface area contributed by atoms with Crippen LogP contribution < -0.4 is 16.0 Å². The summed E-state index contributed by atoms with van der Waals surface area (Å²) in [7, 11) is 0. The predicted molar refractivity (Wildman–Crippen MR) is 56.3 cm³/mol. The normalized spacial score (nSPS) is 14.9. The van der Waals surface area contributed by atoms with E-state index in [1.165, 1.54) is 5.56 Å². The van der Waals surface area contributed by atoms with Gasteiger partial charge in [0.25, 0.3) is 0 Å². The third-order valence-electron chi connectivity index (χ3n) is 2.27. The topological polar surface area (TPSA) is 53.2 Å². The molecule has 0 atom stereocenters. The largest absolute Gasteiger partial charge is 0.383 e. The minimum absolute atomic E-state index is 0.691. The first-order chi connectivity index (χ1) is 6.90. The van der Waals surface area contributed by atoms with Crippen LogP contribution in [-0.2, 0) is 11.3 Å². The van der Waals surface area contributed by atoms with Crippen molar-refractivity contribution in [3.8, 4) is 0 Å². The van der Waals surface area contributed by atoms with Crippen LogP contribution in [0.3, 0.4) is 0 Å². The van der Waals surface area contributed by atoms with Crippen molar-refractivity contribution in [2.45, 2.75) is 6.54 Å². The molecular formula is C10H13N3O. The maximum Gasteiger partial charge on any atom is 0.211 e. The average Bonchev–Trinajstić information content (AvgIpc) is 2.42. The van der Waals surface area contributed by atoms with E-state index in [0.717, 1.165) is 31.0 Å². The molecule has 0 aromatic heterocycles. The lowest BCUT2D eigenvalue weighted by molar-refractivity contribution is -0.105. The highest BCUT2D eigenvalue weighted by molar-refractivity contribution is 5.74. The molecule has 14 heavy (non-hydrogen) atoms. The Morgan fingerprint density at radius 3 is 3.14 bits per heavy atom. The first-order valence-corrected chi connectivity index (χ1v) is 4.68. The fourth-order valence-electron chi connectivity index (χ4n) is 1.56. The van der Waals surface area contributed by atoms with E-state index in [1.807, 2.05) is 18.2 Å². The molecule has 4 heteroatoms. The number of carbonyl (C=O) groups excluding carboxylic acids is 1. The van der Waals surface area contributed by atoms with Gasteiger partial charge in [0, 0.05) is 31.0 Å². The second-order valence-electron chi connectivity index (χ2n) is 3.24. The van der Waals surface area contributed by atoms with Gasteiger partial charge in [0.15, 0.2) is 0 Å². The molecule has 1 aromatic rings. The molecule has 0 fully saturated rings. The van der Waals surface area contributed by atoms with Gasteiger partial charge in [0.2, 0.25) is 6.41 Å². The van der Waals surface area contributed by atoms with Crippen LogP contribution in [0.5, 0.6) is 0 Å². The number of nitrogens with one attached hydrogen (secondary N) is 3. The molecule has 4 nitrogen and oxygen atoms in total. The van der Waals surface area contributed by atoms with Gasteiger partial charge in [-0.1, -0.05) is 6.07 Å². The lowest BCUT2D eigenvalue weighted by Gasteiger charge is -2.08. The second kappa shape index (κ2) is 4.11. The van der Waals surface area contributed by atoms with Gasteiger partial charge in [-0.05, 0) is 17.7 Å². The summed E-state index contributed by atoms with van der Waals surface area (Å²) in [6.45, 7) is 2.76. The predicted octanol–water partition coefficient (Wildman–Crippen LogP) is 0.770. The molecule has 0 saturated carbocycles. The van der Waals surface area contributed by atoms with Crippen molar-refractivity contribution in [1.82, 2.24) is 5.32 Å². The summed E-state index contributed by atoms with van der Waals surface area (Å²) in [5, 5.41) is 9.24. The Morgan fingerprint density at radius 1 is 1.36 bits per heavy atom. The van der Waals surface area contributed by atoms with Crippen molar-refractivity contribution in [1.29, 1.82) is 0 Å². The van der Waals surface area contributed by atoms with E-state index in [-0.39, 0.29) is 0 Å². The number of carbonyl (C=O) groups is 1. The summed E-state index contributed by atoms with van der Waals surface area (Å²) in [4.78, 5) is 10.3. The van der Waals surface area contributed by atoms with Gasteiger partial charge in [-0.2, -0.15) is 0 Å². The third-order valence-corrected chi connectivity index (χ3v) is 2.27. The molecule has 1 aliphatic heterocycles. The molecular weight excluding hydrogens is 178 g/mol. The Hall–Kier alpha value is -1.55. The molecule has 1 heterocycles. The fraction of sp³-hybridized carbons (Fsp3) is 0.300. The highest BCUT2D eigenvalue weighted by atomic mass is 16.1. The van der Waals surface area contributed by atoms with Gasteiger partial charge in [0.05, 0.1) is 0 Å². The quantitative estimate of drug-likeness (QED) is 0.605. The maximum atomic E-state index is 10.3. The molecule has 1 aromatic carbocycles. The van der Waals surface area contributed by atoms with Gasteiger partial charge in [-0.25, -0.2) is 0 Å². The number of anilines is 2. The standard InChI is InChI=1S/C10H13N3O/c14-7-13-9-2-1-8-6-11-3-4-12-10(8)5-9/h1-2,5,7,11-12H,3-4,6H2,(H,13,14). The Morgan fingerprint density at radius 2 is 2.29 bits per heavy atom. The van der Waals surface area contributed by atoms with Gasteiger partial charge in [-0.15, -0.1) is 0 Å². The van der Waals surface area contributed by atoms with Crippen molar-refractivity contribution >= 4 is 17.8 Å². The highest BCUT2D eigenvalue weighted by Crippen LogP contribution is 2.21. The van der Waals surface area contributed by atoms with Crippen molar-refractivity contribution in [3.63, 3.8) is 0 Å². The highest BCUT2D eigenvalue weighted by Gasteiger charge is 2.06. The van der Waals surface area contributed by atoms with Gasteiger partial charge < -0.3 is 16.0 Å². The number of hydrogen-bond donors (Lipinski definition) is 3. The van der Waals surface area contributed by atoms with E-state index in [2.05, 4.69) is 16.0 Å². The van der Waals surface area contributed by atoms with Gasteiger partial charge >= 0.3 is 0 Å². The molecule has 0 unspecified atom stereocenters. The summed E-state index contributed by atoms with van der Waals surface area (Å²) in [6, 6.07) is 5.88. The Bertz CT molecular complexity index is 338. The van der Waals surface area contributed by atoms with Crippen LogP contribution in [-0.4, -0.2) is 19.5 Å². The van der Waals surface area contributed by atoms with Crippen LogP contribution >= 0.6 is 0 Å².